The molecule has 0 heterocycles. The Morgan fingerprint density at radius 3 is 2.80 bits per heavy atom. The lowest BCUT2D eigenvalue weighted by Crippen LogP contribution is -2.05. The summed E-state index contributed by atoms with van der Waals surface area (Å²) in [7, 11) is 0. The molecule has 1 aromatic carbocycles. The molecule has 0 aliphatic heterocycles. The number of unbranched alkanes of at least 4 members (excludes halogenated alkanes) is 1. The van der Waals surface area contributed by atoms with Crippen molar-refractivity contribution in [2.24, 2.45) is 0 Å². The molecule has 2 nitrogen and oxygen atoms in total. The van der Waals surface area contributed by atoms with Gasteiger partial charge < -0.3 is 0 Å². The summed E-state index contributed by atoms with van der Waals surface area (Å²) in [5, 5.41) is 0. The highest BCUT2D eigenvalue weighted by atomic mass is 16.2. The lowest BCUT2D eigenvalue weighted by molar-refractivity contribution is -0.114. The number of Topliss-reactive ketones (excluding diaryl/α,β-unsaturated/α-hetero) is 2. The predicted molar refractivity (Wildman–Crippen MR) is 58.1 cm³/mol. The van der Waals surface area contributed by atoms with Crippen molar-refractivity contribution in [1.82, 2.24) is 0 Å². The lowest BCUT2D eigenvalue weighted by atomic mass is 10.0. The zero-order chi connectivity index (χ0) is 10.8. The average molecular weight is 202 g/mol. The highest BCUT2D eigenvalue weighted by Gasteiger charge is 2.27. The monoisotopic (exact) mass is 202 g/mol. The van der Waals surface area contributed by atoms with Crippen molar-refractivity contribution in [3.63, 3.8) is 0 Å². The molecule has 0 bridgehead atoms. The van der Waals surface area contributed by atoms with E-state index in [1.54, 1.807) is 0 Å². The van der Waals surface area contributed by atoms with Crippen LogP contribution in [-0.2, 0) is 17.6 Å². The van der Waals surface area contributed by atoms with Crippen LogP contribution in [0.25, 0.3) is 0 Å². The van der Waals surface area contributed by atoms with E-state index in [4.69, 9.17) is 0 Å². The third-order valence-electron chi connectivity index (χ3n) is 2.84. The second-order valence-corrected chi connectivity index (χ2v) is 4.02. The Morgan fingerprint density at radius 1 is 1.27 bits per heavy atom. The van der Waals surface area contributed by atoms with Crippen LogP contribution in [0, 0.1) is 0 Å². The zero-order valence-electron chi connectivity index (χ0n) is 8.88. The Labute approximate surface area is 89.3 Å². The van der Waals surface area contributed by atoms with Gasteiger partial charge in [-0.1, -0.05) is 25.5 Å². The van der Waals surface area contributed by atoms with Crippen LogP contribution in [-0.4, -0.2) is 11.6 Å². The van der Waals surface area contributed by atoms with Crippen molar-refractivity contribution in [3.05, 3.63) is 34.9 Å². The van der Waals surface area contributed by atoms with Gasteiger partial charge in [0.2, 0.25) is 11.6 Å². The van der Waals surface area contributed by atoms with Crippen LogP contribution in [0.5, 0.6) is 0 Å². The normalized spacial score (nSPS) is 14.5. The van der Waals surface area contributed by atoms with Crippen molar-refractivity contribution in [2.45, 2.75) is 32.6 Å². The van der Waals surface area contributed by atoms with Crippen molar-refractivity contribution >= 4 is 11.6 Å². The first-order valence-electron chi connectivity index (χ1n) is 5.41. The number of ketones is 2. The zero-order valence-corrected chi connectivity index (χ0v) is 8.88. The van der Waals surface area contributed by atoms with Crippen LogP contribution in [0.1, 0.15) is 41.3 Å². The molecule has 1 aliphatic carbocycles. The summed E-state index contributed by atoms with van der Waals surface area (Å²) < 4.78 is 0. The molecule has 0 spiro atoms. The van der Waals surface area contributed by atoms with Gasteiger partial charge in [-0.25, -0.2) is 0 Å². The number of carbonyl (C=O) groups excluding carboxylic acids is 2. The van der Waals surface area contributed by atoms with Gasteiger partial charge in [-0.05, 0) is 30.0 Å². The number of rotatable bonds is 3. The SMILES string of the molecule is CCCCc1ccc2c(c1)C(=O)C(=O)C2. The van der Waals surface area contributed by atoms with Crippen LogP contribution in [0.2, 0.25) is 0 Å². The van der Waals surface area contributed by atoms with Gasteiger partial charge in [-0.3, -0.25) is 9.59 Å². The topological polar surface area (TPSA) is 34.1 Å². The second kappa shape index (κ2) is 3.97. The molecule has 0 N–H and O–H groups in total. The standard InChI is InChI=1S/C13H14O2/c1-2-3-4-9-5-6-10-8-12(14)13(15)11(10)7-9/h5-7H,2-4,8H2,1H3. The van der Waals surface area contributed by atoms with Gasteiger partial charge in [0.1, 0.15) is 0 Å². The summed E-state index contributed by atoms with van der Waals surface area (Å²) in [6.45, 7) is 2.14. The van der Waals surface area contributed by atoms with Gasteiger partial charge in [0.25, 0.3) is 0 Å². The Kier molecular flexibility index (Phi) is 2.67. The van der Waals surface area contributed by atoms with E-state index in [9.17, 15) is 9.59 Å². The molecule has 0 amide bonds. The molecule has 2 rings (SSSR count). The summed E-state index contributed by atoms with van der Waals surface area (Å²) in [6.07, 6.45) is 3.55. The fourth-order valence-electron chi connectivity index (χ4n) is 1.93. The maximum absolute atomic E-state index is 11.5. The quantitative estimate of drug-likeness (QED) is 0.705. The Morgan fingerprint density at radius 2 is 2.07 bits per heavy atom. The molecule has 0 atom stereocenters. The molecule has 1 aromatic rings. The summed E-state index contributed by atoms with van der Waals surface area (Å²) in [5.41, 5.74) is 2.69. The Bertz CT molecular complexity index is 419. The Balaban J connectivity index is 2.27. The first kappa shape index (κ1) is 10.1. The van der Waals surface area contributed by atoms with Gasteiger partial charge in [-0.15, -0.1) is 0 Å². The number of benzene rings is 1. The highest BCUT2D eigenvalue weighted by Crippen LogP contribution is 2.21. The third kappa shape index (κ3) is 1.84. The summed E-state index contributed by atoms with van der Waals surface area (Å²) in [6, 6.07) is 5.84. The van der Waals surface area contributed by atoms with E-state index < -0.39 is 0 Å². The molecule has 0 saturated carbocycles. The molecule has 0 radical (unpaired) electrons. The van der Waals surface area contributed by atoms with Crippen molar-refractivity contribution in [3.8, 4) is 0 Å². The van der Waals surface area contributed by atoms with Crippen LogP contribution < -0.4 is 0 Å². The molecule has 0 aromatic heterocycles. The lowest BCUT2D eigenvalue weighted by Gasteiger charge is -2.02. The second-order valence-electron chi connectivity index (χ2n) is 4.02. The molecule has 15 heavy (non-hydrogen) atoms. The maximum Gasteiger partial charge on any atom is 0.229 e. The van der Waals surface area contributed by atoms with Crippen LogP contribution in [0.4, 0.5) is 0 Å². The molecule has 1 aliphatic rings. The number of aryl methyl sites for hydroxylation is 1. The maximum atomic E-state index is 11.5. The number of hydrogen-bond donors (Lipinski definition) is 0. The molecule has 78 valence electrons. The fraction of sp³-hybridized carbons (Fsp3) is 0.385. The van der Waals surface area contributed by atoms with E-state index in [2.05, 4.69) is 6.92 Å². The smallest absolute Gasteiger partial charge is 0.229 e. The van der Waals surface area contributed by atoms with Gasteiger partial charge in [0.05, 0.1) is 0 Å². The molecular formula is C13H14O2. The van der Waals surface area contributed by atoms with Crippen molar-refractivity contribution in [2.75, 3.05) is 0 Å². The van der Waals surface area contributed by atoms with Gasteiger partial charge >= 0.3 is 0 Å². The predicted octanol–water partition coefficient (Wildman–Crippen LogP) is 2.34. The van der Waals surface area contributed by atoms with E-state index >= 15 is 0 Å². The van der Waals surface area contributed by atoms with Crippen molar-refractivity contribution < 1.29 is 9.59 Å². The van der Waals surface area contributed by atoms with E-state index in [1.807, 2.05) is 18.2 Å². The minimum Gasteiger partial charge on any atom is -0.290 e. The highest BCUT2D eigenvalue weighted by molar-refractivity contribution is 6.47. The average Bonchev–Trinajstić information content (AvgIpc) is 2.52. The number of fused-ring (bicyclic) bond motifs is 1. The largest absolute Gasteiger partial charge is 0.290 e. The summed E-state index contributed by atoms with van der Waals surface area (Å²) >= 11 is 0. The van der Waals surface area contributed by atoms with E-state index in [1.165, 1.54) is 5.56 Å². The van der Waals surface area contributed by atoms with Crippen LogP contribution in [0.3, 0.4) is 0 Å². The molecular weight excluding hydrogens is 188 g/mol. The first-order chi connectivity index (χ1) is 7.22. The molecule has 2 heteroatoms. The van der Waals surface area contributed by atoms with Crippen molar-refractivity contribution in [1.29, 1.82) is 0 Å². The number of hydrogen-bond acceptors (Lipinski definition) is 2. The van der Waals surface area contributed by atoms with E-state index in [0.717, 1.165) is 24.8 Å². The first-order valence-corrected chi connectivity index (χ1v) is 5.41. The van der Waals surface area contributed by atoms with Crippen LogP contribution in [0.15, 0.2) is 18.2 Å². The summed E-state index contributed by atoms with van der Waals surface area (Å²) in [4.78, 5) is 22.7. The van der Waals surface area contributed by atoms with Crippen LogP contribution >= 0.6 is 0 Å². The molecule has 0 unspecified atom stereocenters. The van der Waals surface area contributed by atoms with E-state index in [0.29, 0.717) is 12.0 Å². The summed E-state index contributed by atoms with van der Waals surface area (Å²) in [5.74, 6) is -0.569. The Hall–Kier alpha value is -1.44. The fourth-order valence-corrected chi connectivity index (χ4v) is 1.93. The van der Waals surface area contributed by atoms with Gasteiger partial charge in [-0.2, -0.15) is 0 Å². The minimum absolute atomic E-state index is 0.266. The van der Waals surface area contributed by atoms with Gasteiger partial charge in [0, 0.05) is 12.0 Å². The van der Waals surface area contributed by atoms with Gasteiger partial charge in [0.15, 0.2) is 0 Å². The third-order valence-corrected chi connectivity index (χ3v) is 2.84. The van der Waals surface area contributed by atoms with E-state index in [-0.39, 0.29) is 11.6 Å². The number of carbonyl (C=O) groups is 2. The minimum atomic E-state index is -0.302. The molecule has 0 saturated heterocycles. The molecule has 0 fully saturated rings.